The van der Waals surface area contributed by atoms with E-state index in [-0.39, 0.29) is 11.2 Å². The van der Waals surface area contributed by atoms with Gasteiger partial charge in [-0.15, -0.1) is 0 Å². The quantitative estimate of drug-likeness (QED) is 0.580. The zero-order chi connectivity index (χ0) is 17.6. The van der Waals surface area contributed by atoms with Crippen LogP contribution in [0.4, 0.5) is 0 Å². The van der Waals surface area contributed by atoms with E-state index in [2.05, 4.69) is 41.4 Å². The summed E-state index contributed by atoms with van der Waals surface area (Å²) in [5, 5.41) is 15.9. The summed E-state index contributed by atoms with van der Waals surface area (Å²) in [6.07, 6.45) is 1.77. The van der Waals surface area contributed by atoms with Gasteiger partial charge in [-0.05, 0) is 24.6 Å². The Bertz CT molecular complexity index is 686. The van der Waals surface area contributed by atoms with Crippen LogP contribution in [0.2, 0.25) is 0 Å². The van der Waals surface area contributed by atoms with E-state index in [1.54, 1.807) is 24.4 Å². The minimum absolute atomic E-state index is 0.0564. The number of phenols is 1. The van der Waals surface area contributed by atoms with Crippen LogP contribution in [0, 0.1) is 0 Å². The minimum Gasteiger partial charge on any atom is -0.508 e. The average molecular weight is 330 g/mol. The van der Waals surface area contributed by atoms with Gasteiger partial charge in [0, 0.05) is 12.0 Å². The van der Waals surface area contributed by atoms with E-state index in [9.17, 15) is 5.11 Å². The maximum atomic E-state index is 9.50. The van der Waals surface area contributed by atoms with E-state index in [1.807, 2.05) is 13.0 Å². The summed E-state index contributed by atoms with van der Waals surface area (Å²) in [4.78, 5) is 8.81. The van der Waals surface area contributed by atoms with Gasteiger partial charge >= 0.3 is 0 Å². The molecule has 6 heteroatoms. The minimum atomic E-state index is -0.0564. The maximum absolute atomic E-state index is 9.50. The number of oxazole rings is 1. The molecule has 1 aromatic carbocycles. The summed E-state index contributed by atoms with van der Waals surface area (Å²) in [5.74, 6) is 2.41. The van der Waals surface area contributed by atoms with Crippen LogP contribution in [0.15, 0.2) is 39.9 Å². The number of nitrogens with one attached hydrogen (secondary N) is 2. The van der Waals surface area contributed by atoms with Gasteiger partial charge in [0.05, 0.1) is 19.3 Å². The van der Waals surface area contributed by atoms with Gasteiger partial charge < -0.3 is 20.2 Å². The first-order chi connectivity index (χ1) is 11.4. The molecule has 0 saturated heterocycles. The Labute approximate surface area is 143 Å². The van der Waals surface area contributed by atoms with E-state index >= 15 is 0 Å². The van der Waals surface area contributed by atoms with Crippen molar-refractivity contribution in [3.8, 4) is 5.75 Å². The highest BCUT2D eigenvalue weighted by Gasteiger charge is 2.19. The molecule has 0 saturated carbocycles. The molecule has 0 fully saturated rings. The summed E-state index contributed by atoms with van der Waals surface area (Å²) in [5.41, 5.74) is 0.887. The Balaban J connectivity index is 1.98. The molecule has 1 aromatic heterocycles. The second-order valence-electron chi connectivity index (χ2n) is 6.59. The number of nitrogens with zero attached hydrogens (tertiary/aromatic N) is 2. The number of hydrogen-bond acceptors (Lipinski definition) is 4. The Kier molecular flexibility index (Phi) is 5.84. The summed E-state index contributed by atoms with van der Waals surface area (Å²) in [7, 11) is 0. The molecule has 0 radical (unpaired) electrons. The molecule has 0 aliphatic carbocycles. The van der Waals surface area contributed by atoms with Crippen LogP contribution in [-0.2, 0) is 18.5 Å². The third-order valence-corrected chi connectivity index (χ3v) is 3.37. The molecule has 3 N–H and O–H groups in total. The fourth-order valence-corrected chi connectivity index (χ4v) is 2.06. The maximum Gasteiger partial charge on any atom is 0.213 e. The number of aromatic nitrogens is 1. The lowest BCUT2D eigenvalue weighted by Crippen LogP contribution is -2.36. The number of aromatic hydroxyl groups is 1. The highest BCUT2D eigenvalue weighted by atomic mass is 16.4. The summed E-state index contributed by atoms with van der Waals surface area (Å²) < 4.78 is 5.77. The first-order valence-corrected chi connectivity index (χ1v) is 8.13. The SMILES string of the molecule is CCNC(=NCc1cccc(O)c1)NCc1ncc(C(C)(C)C)o1. The van der Waals surface area contributed by atoms with Crippen molar-refractivity contribution in [3.05, 3.63) is 47.7 Å². The molecule has 0 unspecified atom stereocenters. The fraction of sp³-hybridized carbons (Fsp3) is 0.444. The van der Waals surface area contributed by atoms with Crippen LogP contribution >= 0.6 is 0 Å². The highest BCUT2D eigenvalue weighted by Crippen LogP contribution is 2.22. The fourth-order valence-electron chi connectivity index (χ4n) is 2.06. The van der Waals surface area contributed by atoms with Crippen molar-refractivity contribution in [1.82, 2.24) is 15.6 Å². The van der Waals surface area contributed by atoms with Gasteiger partial charge in [-0.25, -0.2) is 9.98 Å². The molecular weight excluding hydrogens is 304 g/mol. The number of hydrogen-bond donors (Lipinski definition) is 3. The van der Waals surface area contributed by atoms with Crippen molar-refractivity contribution in [1.29, 1.82) is 0 Å². The molecule has 0 bridgehead atoms. The first kappa shape index (κ1) is 17.8. The summed E-state index contributed by atoms with van der Waals surface area (Å²) in [6, 6.07) is 7.08. The Morgan fingerprint density at radius 2 is 2.08 bits per heavy atom. The number of rotatable bonds is 5. The van der Waals surface area contributed by atoms with E-state index in [1.165, 1.54) is 0 Å². The van der Waals surface area contributed by atoms with E-state index in [0.29, 0.717) is 24.9 Å². The van der Waals surface area contributed by atoms with Gasteiger partial charge in [-0.3, -0.25) is 0 Å². The van der Waals surface area contributed by atoms with Gasteiger partial charge in [-0.2, -0.15) is 0 Å². The number of guanidine groups is 1. The van der Waals surface area contributed by atoms with Crippen LogP contribution in [0.25, 0.3) is 0 Å². The largest absolute Gasteiger partial charge is 0.508 e. The van der Waals surface area contributed by atoms with Gasteiger partial charge in [0.2, 0.25) is 5.89 Å². The van der Waals surface area contributed by atoms with E-state index in [0.717, 1.165) is 17.9 Å². The summed E-state index contributed by atoms with van der Waals surface area (Å²) in [6.45, 7) is 9.96. The smallest absolute Gasteiger partial charge is 0.213 e. The number of phenolic OH excluding ortho intramolecular Hbond substituents is 1. The van der Waals surface area contributed by atoms with Crippen LogP contribution in [0.1, 0.15) is 44.9 Å². The molecule has 0 atom stereocenters. The van der Waals surface area contributed by atoms with Crippen LogP contribution in [0.3, 0.4) is 0 Å². The topological polar surface area (TPSA) is 82.7 Å². The lowest BCUT2D eigenvalue weighted by molar-refractivity contribution is 0.379. The van der Waals surface area contributed by atoms with Gasteiger partial charge in [0.1, 0.15) is 11.5 Å². The van der Waals surface area contributed by atoms with Crippen molar-refractivity contribution in [2.24, 2.45) is 4.99 Å². The molecule has 2 aromatic rings. The van der Waals surface area contributed by atoms with Gasteiger partial charge in [0.15, 0.2) is 5.96 Å². The predicted molar refractivity (Wildman–Crippen MR) is 95.0 cm³/mol. The van der Waals surface area contributed by atoms with Crippen molar-refractivity contribution < 1.29 is 9.52 Å². The Hall–Kier alpha value is -2.50. The molecule has 0 amide bonds. The summed E-state index contributed by atoms with van der Waals surface area (Å²) >= 11 is 0. The second kappa shape index (κ2) is 7.86. The molecule has 6 nitrogen and oxygen atoms in total. The molecule has 0 spiro atoms. The van der Waals surface area contributed by atoms with Crippen molar-refractivity contribution in [2.45, 2.75) is 46.2 Å². The Morgan fingerprint density at radius 1 is 1.29 bits per heavy atom. The van der Waals surface area contributed by atoms with Gasteiger partial charge in [-0.1, -0.05) is 32.9 Å². The van der Waals surface area contributed by atoms with Gasteiger partial charge in [0.25, 0.3) is 0 Å². The zero-order valence-corrected chi connectivity index (χ0v) is 14.8. The lowest BCUT2D eigenvalue weighted by Gasteiger charge is -2.13. The second-order valence-corrected chi connectivity index (χ2v) is 6.59. The van der Waals surface area contributed by atoms with Crippen LogP contribution < -0.4 is 10.6 Å². The molecule has 1 heterocycles. The van der Waals surface area contributed by atoms with Crippen molar-refractivity contribution in [3.63, 3.8) is 0 Å². The molecule has 130 valence electrons. The molecule has 2 rings (SSSR count). The molecule has 0 aliphatic heterocycles. The first-order valence-electron chi connectivity index (χ1n) is 8.13. The average Bonchev–Trinajstić information content (AvgIpc) is 2.99. The van der Waals surface area contributed by atoms with Crippen molar-refractivity contribution in [2.75, 3.05) is 6.54 Å². The van der Waals surface area contributed by atoms with Crippen molar-refractivity contribution >= 4 is 5.96 Å². The Morgan fingerprint density at radius 3 is 2.71 bits per heavy atom. The predicted octanol–water partition coefficient (Wildman–Crippen LogP) is 2.93. The highest BCUT2D eigenvalue weighted by molar-refractivity contribution is 5.79. The molecule has 0 aliphatic rings. The lowest BCUT2D eigenvalue weighted by atomic mass is 9.94. The third kappa shape index (κ3) is 5.30. The van der Waals surface area contributed by atoms with Crippen LogP contribution in [0.5, 0.6) is 5.75 Å². The number of aliphatic imine (C=N–C) groups is 1. The van der Waals surface area contributed by atoms with Crippen LogP contribution in [-0.4, -0.2) is 22.6 Å². The van der Waals surface area contributed by atoms with E-state index < -0.39 is 0 Å². The zero-order valence-electron chi connectivity index (χ0n) is 14.8. The van der Waals surface area contributed by atoms with E-state index in [4.69, 9.17) is 4.42 Å². The monoisotopic (exact) mass is 330 g/mol. The number of benzene rings is 1. The molecule has 24 heavy (non-hydrogen) atoms. The normalized spacial score (nSPS) is 12.2. The standard InChI is InChI=1S/C18H26N4O2/c1-5-19-17(21-10-13-7-6-8-14(23)9-13)22-12-16-20-11-15(24-16)18(2,3)4/h6-9,11,23H,5,10,12H2,1-4H3,(H2,19,21,22). The third-order valence-electron chi connectivity index (χ3n) is 3.37. The molecular formula is C18H26N4O2.